The minimum atomic E-state index is -0.159. The van der Waals surface area contributed by atoms with Crippen LogP contribution in [0.15, 0.2) is 24.3 Å². The third-order valence-corrected chi connectivity index (χ3v) is 4.46. The standard InChI is InChI=1S/C10H10ClFS/c11-9-6-13-10(9)5-7-2-1-3-8(12)4-7/h1-4,9-10H,5-6H2. The van der Waals surface area contributed by atoms with Gasteiger partial charge in [-0.05, 0) is 24.1 Å². The molecule has 0 radical (unpaired) electrons. The van der Waals surface area contributed by atoms with Gasteiger partial charge in [0.2, 0.25) is 0 Å². The van der Waals surface area contributed by atoms with E-state index in [1.807, 2.05) is 17.8 Å². The van der Waals surface area contributed by atoms with Crippen LogP contribution in [0.2, 0.25) is 0 Å². The second kappa shape index (κ2) is 3.89. The van der Waals surface area contributed by atoms with E-state index in [0.29, 0.717) is 5.25 Å². The highest BCUT2D eigenvalue weighted by molar-refractivity contribution is 8.01. The van der Waals surface area contributed by atoms with Crippen molar-refractivity contribution in [3.8, 4) is 0 Å². The fraction of sp³-hybridized carbons (Fsp3) is 0.400. The Labute approximate surface area is 86.5 Å². The molecule has 0 nitrogen and oxygen atoms in total. The lowest BCUT2D eigenvalue weighted by Gasteiger charge is -2.31. The first kappa shape index (κ1) is 9.35. The molecule has 3 heteroatoms. The highest BCUT2D eigenvalue weighted by Gasteiger charge is 2.29. The second-order valence-corrected chi connectivity index (χ2v) is 5.05. The molecular weight excluding hydrogens is 207 g/mol. The van der Waals surface area contributed by atoms with E-state index in [2.05, 4.69) is 0 Å². The molecule has 13 heavy (non-hydrogen) atoms. The van der Waals surface area contributed by atoms with Crippen molar-refractivity contribution in [1.29, 1.82) is 0 Å². The molecule has 2 unspecified atom stereocenters. The monoisotopic (exact) mass is 216 g/mol. The first-order valence-corrected chi connectivity index (χ1v) is 5.74. The summed E-state index contributed by atoms with van der Waals surface area (Å²) in [5.74, 6) is 0.870. The minimum Gasteiger partial charge on any atom is -0.207 e. The van der Waals surface area contributed by atoms with Crippen LogP contribution in [-0.4, -0.2) is 16.4 Å². The van der Waals surface area contributed by atoms with Crippen LogP contribution in [0.1, 0.15) is 5.56 Å². The van der Waals surface area contributed by atoms with Crippen LogP contribution >= 0.6 is 23.4 Å². The van der Waals surface area contributed by atoms with E-state index in [1.54, 1.807) is 12.1 Å². The van der Waals surface area contributed by atoms with Crippen molar-refractivity contribution in [1.82, 2.24) is 0 Å². The smallest absolute Gasteiger partial charge is 0.123 e. The summed E-state index contributed by atoms with van der Waals surface area (Å²) in [5.41, 5.74) is 1.04. The van der Waals surface area contributed by atoms with Gasteiger partial charge in [0.15, 0.2) is 0 Å². The number of halogens is 2. The number of benzene rings is 1. The lowest BCUT2D eigenvalue weighted by atomic mass is 10.1. The third kappa shape index (κ3) is 2.18. The molecular formula is C10H10ClFS. The topological polar surface area (TPSA) is 0 Å². The van der Waals surface area contributed by atoms with Crippen LogP contribution in [0, 0.1) is 5.82 Å². The maximum absolute atomic E-state index is 12.8. The zero-order valence-electron chi connectivity index (χ0n) is 7.04. The molecule has 1 aromatic carbocycles. The Kier molecular flexibility index (Phi) is 2.80. The Morgan fingerprint density at radius 2 is 2.38 bits per heavy atom. The van der Waals surface area contributed by atoms with E-state index in [1.165, 1.54) is 6.07 Å². The second-order valence-electron chi connectivity index (χ2n) is 3.22. The van der Waals surface area contributed by atoms with Crippen LogP contribution < -0.4 is 0 Å². The quantitative estimate of drug-likeness (QED) is 0.685. The fourth-order valence-corrected chi connectivity index (χ4v) is 2.83. The third-order valence-electron chi connectivity index (χ3n) is 2.20. The van der Waals surface area contributed by atoms with Gasteiger partial charge in [-0.25, -0.2) is 4.39 Å². The van der Waals surface area contributed by atoms with Crippen molar-refractivity contribution in [2.45, 2.75) is 17.0 Å². The SMILES string of the molecule is Fc1cccc(CC2SCC2Cl)c1. The van der Waals surface area contributed by atoms with Crippen LogP contribution in [0.4, 0.5) is 4.39 Å². The van der Waals surface area contributed by atoms with Gasteiger partial charge in [0.05, 0.1) is 5.38 Å². The van der Waals surface area contributed by atoms with Crippen LogP contribution in [0.25, 0.3) is 0 Å². The maximum Gasteiger partial charge on any atom is 0.123 e. The van der Waals surface area contributed by atoms with Crippen LogP contribution in [-0.2, 0) is 6.42 Å². The zero-order chi connectivity index (χ0) is 9.26. The van der Waals surface area contributed by atoms with Crippen molar-refractivity contribution < 1.29 is 4.39 Å². The summed E-state index contributed by atoms with van der Waals surface area (Å²) in [6, 6.07) is 6.75. The Hall–Kier alpha value is -0.210. The number of hydrogen-bond donors (Lipinski definition) is 0. The molecule has 1 aliphatic rings. The summed E-state index contributed by atoms with van der Waals surface area (Å²) >= 11 is 7.85. The summed E-state index contributed by atoms with van der Waals surface area (Å²) in [6.45, 7) is 0. The highest BCUT2D eigenvalue weighted by Crippen LogP contribution is 2.35. The fourth-order valence-electron chi connectivity index (χ4n) is 1.39. The Morgan fingerprint density at radius 1 is 1.54 bits per heavy atom. The molecule has 1 saturated heterocycles. The summed E-state index contributed by atoms with van der Waals surface area (Å²) < 4.78 is 12.8. The van der Waals surface area contributed by atoms with Gasteiger partial charge in [-0.3, -0.25) is 0 Å². The normalized spacial score (nSPS) is 26.9. The molecule has 1 aromatic rings. The van der Waals surface area contributed by atoms with Gasteiger partial charge in [0.25, 0.3) is 0 Å². The summed E-state index contributed by atoms with van der Waals surface area (Å²) in [4.78, 5) is 0. The van der Waals surface area contributed by atoms with E-state index >= 15 is 0 Å². The predicted octanol–water partition coefficient (Wildman–Crippen LogP) is 3.09. The van der Waals surface area contributed by atoms with Crippen LogP contribution in [0.5, 0.6) is 0 Å². The van der Waals surface area contributed by atoms with Gasteiger partial charge >= 0.3 is 0 Å². The Balaban J connectivity index is 2.01. The van der Waals surface area contributed by atoms with Crippen molar-refractivity contribution in [2.75, 3.05) is 5.75 Å². The Morgan fingerprint density at radius 3 is 2.92 bits per heavy atom. The zero-order valence-corrected chi connectivity index (χ0v) is 8.61. The number of alkyl halides is 1. The molecule has 0 spiro atoms. The van der Waals surface area contributed by atoms with Gasteiger partial charge in [-0.1, -0.05) is 12.1 Å². The molecule has 1 heterocycles. The molecule has 2 atom stereocenters. The van der Waals surface area contributed by atoms with E-state index in [-0.39, 0.29) is 11.2 Å². The lowest BCUT2D eigenvalue weighted by molar-refractivity contribution is 0.624. The summed E-state index contributed by atoms with van der Waals surface area (Å²) in [5, 5.41) is 0.747. The van der Waals surface area contributed by atoms with Gasteiger partial charge in [-0.2, -0.15) is 11.8 Å². The average molecular weight is 217 g/mol. The summed E-state index contributed by atoms with van der Waals surface area (Å²) in [7, 11) is 0. The predicted molar refractivity (Wildman–Crippen MR) is 56.0 cm³/mol. The molecule has 0 N–H and O–H groups in total. The molecule has 2 rings (SSSR count). The van der Waals surface area contributed by atoms with Gasteiger partial charge in [0.1, 0.15) is 5.82 Å². The van der Waals surface area contributed by atoms with E-state index in [4.69, 9.17) is 11.6 Å². The van der Waals surface area contributed by atoms with Crippen molar-refractivity contribution in [3.05, 3.63) is 35.6 Å². The largest absolute Gasteiger partial charge is 0.207 e. The van der Waals surface area contributed by atoms with Crippen molar-refractivity contribution >= 4 is 23.4 Å². The summed E-state index contributed by atoms with van der Waals surface area (Å²) in [6.07, 6.45) is 0.886. The van der Waals surface area contributed by atoms with Gasteiger partial charge in [-0.15, -0.1) is 11.6 Å². The van der Waals surface area contributed by atoms with Gasteiger partial charge < -0.3 is 0 Å². The first-order valence-electron chi connectivity index (χ1n) is 4.26. The van der Waals surface area contributed by atoms with E-state index in [0.717, 1.165) is 17.7 Å². The number of thioether (sulfide) groups is 1. The Bertz CT molecular complexity index is 303. The lowest BCUT2D eigenvalue weighted by Crippen LogP contribution is -2.33. The molecule has 0 aromatic heterocycles. The molecule has 0 amide bonds. The highest BCUT2D eigenvalue weighted by atomic mass is 35.5. The average Bonchev–Trinajstić information content (AvgIpc) is 2.12. The number of rotatable bonds is 2. The first-order chi connectivity index (χ1) is 6.25. The molecule has 0 aliphatic carbocycles. The van der Waals surface area contributed by atoms with Crippen molar-refractivity contribution in [2.24, 2.45) is 0 Å². The molecule has 0 saturated carbocycles. The molecule has 1 aliphatic heterocycles. The molecule has 70 valence electrons. The minimum absolute atomic E-state index is 0.159. The van der Waals surface area contributed by atoms with E-state index < -0.39 is 0 Å². The van der Waals surface area contributed by atoms with Gasteiger partial charge in [0, 0.05) is 11.0 Å². The molecule has 0 bridgehead atoms. The van der Waals surface area contributed by atoms with Crippen molar-refractivity contribution in [3.63, 3.8) is 0 Å². The number of hydrogen-bond acceptors (Lipinski definition) is 1. The molecule has 1 fully saturated rings. The maximum atomic E-state index is 12.8. The van der Waals surface area contributed by atoms with Crippen LogP contribution in [0.3, 0.4) is 0 Å². The van der Waals surface area contributed by atoms with E-state index in [9.17, 15) is 4.39 Å².